The number of carbonyl (C=O) groups excluding carboxylic acids is 1. The molecule has 0 bridgehead atoms. The molecule has 0 saturated carbocycles. The summed E-state index contributed by atoms with van der Waals surface area (Å²) in [6, 6.07) is 6.89. The highest BCUT2D eigenvalue weighted by molar-refractivity contribution is 7.93. The Balaban J connectivity index is 1.56. The third kappa shape index (κ3) is 3.00. The number of aromatic nitrogens is 2. The van der Waals surface area contributed by atoms with Gasteiger partial charge in [0.05, 0.1) is 11.4 Å². The summed E-state index contributed by atoms with van der Waals surface area (Å²) >= 11 is 0. The first-order chi connectivity index (χ1) is 12.0. The number of anilines is 2. The summed E-state index contributed by atoms with van der Waals surface area (Å²) in [5.41, 5.74) is 3.37. The summed E-state index contributed by atoms with van der Waals surface area (Å²) in [5, 5.41) is 13.1. The number of sulfonamides is 1. The molecule has 1 fully saturated rings. The van der Waals surface area contributed by atoms with Crippen LogP contribution in [0, 0.1) is 0 Å². The molecule has 0 aliphatic carbocycles. The number of benzene rings is 1. The Morgan fingerprint density at radius 3 is 3.00 bits per heavy atom. The van der Waals surface area contributed by atoms with Gasteiger partial charge in [0.25, 0.3) is 5.91 Å². The van der Waals surface area contributed by atoms with Crippen LogP contribution in [0.3, 0.4) is 0 Å². The first kappa shape index (κ1) is 16.1. The second kappa shape index (κ2) is 6.16. The molecule has 3 heterocycles. The van der Waals surface area contributed by atoms with E-state index in [2.05, 4.69) is 20.8 Å². The normalized spacial score (nSPS) is 18.8. The zero-order chi connectivity index (χ0) is 17.4. The average Bonchev–Trinajstić information content (AvgIpc) is 3.18. The van der Waals surface area contributed by atoms with Crippen LogP contribution in [0.4, 0.5) is 11.4 Å². The predicted octanol–water partition coefficient (Wildman–Crippen LogP) is 0.848. The zero-order valence-corrected chi connectivity index (χ0v) is 14.4. The molecule has 4 rings (SSSR count). The van der Waals surface area contributed by atoms with Crippen LogP contribution in [0.1, 0.15) is 28.2 Å². The molecule has 2 aliphatic heterocycles. The van der Waals surface area contributed by atoms with E-state index in [-0.39, 0.29) is 11.7 Å². The van der Waals surface area contributed by atoms with E-state index in [9.17, 15) is 13.2 Å². The molecular weight excluding hydrogens is 342 g/mol. The van der Waals surface area contributed by atoms with E-state index < -0.39 is 10.0 Å². The van der Waals surface area contributed by atoms with Crippen LogP contribution >= 0.6 is 0 Å². The Labute approximate surface area is 145 Å². The Morgan fingerprint density at radius 2 is 2.20 bits per heavy atom. The van der Waals surface area contributed by atoms with E-state index in [0.29, 0.717) is 36.6 Å². The lowest BCUT2D eigenvalue weighted by molar-refractivity contribution is 0.102. The second-order valence-corrected chi connectivity index (χ2v) is 8.22. The Kier molecular flexibility index (Phi) is 3.97. The van der Waals surface area contributed by atoms with E-state index in [1.807, 2.05) is 0 Å². The molecule has 2 aromatic rings. The van der Waals surface area contributed by atoms with Crippen molar-refractivity contribution in [2.24, 2.45) is 0 Å². The maximum Gasteiger partial charge on any atom is 0.276 e. The van der Waals surface area contributed by atoms with Crippen LogP contribution in [0.25, 0.3) is 0 Å². The third-order valence-electron chi connectivity index (χ3n) is 4.51. The molecule has 25 heavy (non-hydrogen) atoms. The Hall–Kier alpha value is -2.39. The average molecular weight is 361 g/mol. The molecule has 1 amide bonds. The SMILES string of the molecule is O=C(Nc1cccc(N2CCCS2(=O)=O)c1)c1n[nH]c2c1CNCC2. The van der Waals surface area contributed by atoms with Crippen molar-refractivity contribution in [2.45, 2.75) is 19.4 Å². The second-order valence-electron chi connectivity index (χ2n) is 6.20. The number of H-pyrrole nitrogens is 1. The quantitative estimate of drug-likeness (QED) is 0.751. The van der Waals surface area contributed by atoms with Crippen LogP contribution in [0.5, 0.6) is 0 Å². The summed E-state index contributed by atoms with van der Waals surface area (Å²) in [6.45, 7) is 1.95. The molecule has 0 atom stereocenters. The molecular formula is C16H19N5O3S. The van der Waals surface area contributed by atoms with Gasteiger partial charge in [-0.05, 0) is 24.6 Å². The minimum absolute atomic E-state index is 0.163. The summed E-state index contributed by atoms with van der Waals surface area (Å²) in [5.74, 6) is -0.140. The summed E-state index contributed by atoms with van der Waals surface area (Å²) < 4.78 is 25.5. The van der Waals surface area contributed by atoms with Gasteiger partial charge >= 0.3 is 0 Å². The van der Waals surface area contributed by atoms with E-state index in [0.717, 1.165) is 24.2 Å². The van der Waals surface area contributed by atoms with Gasteiger partial charge in [-0.25, -0.2) is 8.42 Å². The van der Waals surface area contributed by atoms with Crippen molar-refractivity contribution >= 4 is 27.3 Å². The first-order valence-electron chi connectivity index (χ1n) is 8.23. The highest BCUT2D eigenvalue weighted by Gasteiger charge is 2.28. The topological polar surface area (TPSA) is 107 Å². The van der Waals surface area contributed by atoms with Crippen molar-refractivity contribution in [2.75, 3.05) is 28.5 Å². The predicted molar refractivity (Wildman–Crippen MR) is 94.1 cm³/mol. The lowest BCUT2D eigenvalue weighted by atomic mass is 10.1. The molecule has 3 N–H and O–H groups in total. The maximum absolute atomic E-state index is 12.6. The van der Waals surface area contributed by atoms with Gasteiger partial charge in [-0.3, -0.25) is 14.2 Å². The van der Waals surface area contributed by atoms with E-state index in [1.54, 1.807) is 24.3 Å². The lowest BCUT2D eigenvalue weighted by Gasteiger charge is -2.18. The number of nitrogens with one attached hydrogen (secondary N) is 3. The van der Waals surface area contributed by atoms with Crippen molar-refractivity contribution in [3.05, 3.63) is 41.2 Å². The van der Waals surface area contributed by atoms with Crippen molar-refractivity contribution in [3.63, 3.8) is 0 Å². The third-order valence-corrected chi connectivity index (χ3v) is 6.38. The highest BCUT2D eigenvalue weighted by Crippen LogP contribution is 2.27. The zero-order valence-electron chi connectivity index (χ0n) is 13.6. The van der Waals surface area contributed by atoms with Crippen molar-refractivity contribution < 1.29 is 13.2 Å². The lowest BCUT2D eigenvalue weighted by Crippen LogP contribution is -2.26. The van der Waals surface area contributed by atoms with Gasteiger partial charge in [0.2, 0.25) is 10.0 Å². The van der Waals surface area contributed by atoms with Gasteiger partial charge in [0.1, 0.15) is 0 Å². The summed E-state index contributed by atoms with van der Waals surface area (Å²) in [7, 11) is -3.25. The number of amides is 1. The molecule has 0 radical (unpaired) electrons. The van der Waals surface area contributed by atoms with Crippen LogP contribution in [-0.2, 0) is 23.0 Å². The van der Waals surface area contributed by atoms with E-state index in [1.165, 1.54) is 4.31 Å². The number of hydrogen-bond donors (Lipinski definition) is 3. The molecule has 1 aromatic carbocycles. The van der Waals surface area contributed by atoms with Gasteiger partial charge in [-0.15, -0.1) is 0 Å². The first-order valence-corrected chi connectivity index (χ1v) is 9.84. The Morgan fingerprint density at radius 1 is 1.32 bits per heavy atom. The fraction of sp³-hybridized carbons (Fsp3) is 0.375. The molecule has 0 unspecified atom stereocenters. The number of carbonyl (C=O) groups is 1. The summed E-state index contributed by atoms with van der Waals surface area (Å²) in [6.07, 6.45) is 1.43. The Bertz CT molecular complexity index is 922. The maximum atomic E-state index is 12.6. The van der Waals surface area contributed by atoms with Gasteiger partial charge in [-0.2, -0.15) is 5.10 Å². The van der Waals surface area contributed by atoms with Crippen molar-refractivity contribution in [1.82, 2.24) is 15.5 Å². The molecule has 2 aliphatic rings. The fourth-order valence-corrected chi connectivity index (χ4v) is 4.83. The summed E-state index contributed by atoms with van der Waals surface area (Å²) in [4.78, 5) is 12.6. The molecule has 1 saturated heterocycles. The van der Waals surface area contributed by atoms with Crippen molar-refractivity contribution in [1.29, 1.82) is 0 Å². The monoisotopic (exact) mass is 361 g/mol. The van der Waals surface area contributed by atoms with Gasteiger partial charge in [0, 0.05) is 43.0 Å². The molecule has 9 heteroatoms. The van der Waals surface area contributed by atoms with Crippen molar-refractivity contribution in [3.8, 4) is 0 Å². The highest BCUT2D eigenvalue weighted by atomic mass is 32.2. The number of hydrogen-bond acceptors (Lipinski definition) is 5. The minimum atomic E-state index is -3.25. The number of fused-ring (bicyclic) bond motifs is 1. The van der Waals surface area contributed by atoms with Gasteiger partial charge in [-0.1, -0.05) is 6.07 Å². The van der Waals surface area contributed by atoms with Crippen LogP contribution < -0.4 is 14.9 Å². The van der Waals surface area contributed by atoms with Crippen LogP contribution in [-0.4, -0.2) is 43.4 Å². The van der Waals surface area contributed by atoms with Gasteiger partial charge < -0.3 is 10.6 Å². The largest absolute Gasteiger partial charge is 0.321 e. The van der Waals surface area contributed by atoms with Crippen LogP contribution in [0.2, 0.25) is 0 Å². The van der Waals surface area contributed by atoms with E-state index >= 15 is 0 Å². The van der Waals surface area contributed by atoms with E-state index in [4.69, 9.17) is 0 Å². The van der Waals surface area contributed by atoms with Gasteiger partial charge in [0.15, 0.2) is 5.69 Å². The molecule has 0 spiro atoms. The fourth-order valence-electron chi connectivity index (χ4n) is 3.27. The smallest absolute Gasteiger partial charge is 0.276 e. The minimum Gasteiger partial charge on any atom is -0.321 e. The standard InChI is InChI=1S/C16H19N5O3S/c22-16(15-13-10-17-6-5-14(13)19-20-15)18-11-3-1-4-12(9-11)21-7-2-8-25(21,23)24/h1,3-4,9,17H,2,5-8,10H2,(H,18,22)(H,19,20). The molecule has 132 valence electrons. The molecule has 1 aromatic heterocycles. The molecule has 8 nitrogen and oxygen atoms in total. The number of aromatic amines is 1. The number of rotatable bonds is 3. The van der Waals surface area contributed by atoms with Crippen LogP contribution in [0.15, 0.2) is 24.3 Å². The number of nitrogens with zero attached hydrogens (tertiary/aromatic N) is 2.